The van der Waals surface area contributed by atoms with Crippen molar-refractivity contribution in [3.05, 3.63) is 28.8 Å². The molecule has 0 spiro atoms. The van der Waals surface area contributed by atoms with E-state index in [-0.39, 0.29) is 12.6 Å². The second kappa shape index (κ2) is 5.66. The van der Waals surface area contributed by atoms with Crippen molar-refractivity contribution in [3.63, 3.8) is 0 Å². The van der Waals surface area contributed by atoms with Gasteiger partial charge in [-0.05, 0) is 31.0 Å². The number of nitrogen functional groups attached to an aromatic ring is 1. The Morgan fingerprint density at radius 3 is 2.84 bits per heavy atom. The van der Waals surface area contributed by atoms with Gasteiger partial charge in [0.2, 0.25) is 10.0 Å². The van der Waals surface area contributed by atoms with Crippen molar-refractivity contribution in [2.75, 3.05) is 12.3 Å². The Labute approximate surface area is 118 Å². The number of nitrogens with one attached hydrogen (secondary N) is 1. The Hall–Kier alpha value is -0.820. The maximum absolute atomic E-state index is 12.1. The van der Waals surface area contributed by atoms with Crippen LogP contribution in [0.15, 0.2) is 18.2 Å². The summed E-state index contributed by atoms with van der Waals surface area (Å²) in [7, 11) is -3.40. The largest absolute Gasteiger partial charge is 0.399 e. The van der Waals surface area contributed by atoms with E-state index >= 15 is 0 Å². The monoisotopic (exact) mass is 304 g/mol. The maximum Gasteiger partial charge on any atom is 0.217 e. The zero-order valence-corrected chi connectivity index (χ0v) is 12.2. The average Bonchev–Trinajstić information content (AvgIpc) is 2.75. The zero-order valence-electron chi connectivity index (χ0n) is 10.6. The van der Waals surface area contributed by atoms with Crippen molar-refractivity contribution in [1.82, 2.24) is 4.72 Å². The van der Waals surface area contributed by atoms with E-state index in [9.17, 15) is 8.42 Å². The van der Waals surface area contributed by atoms with Gasteiger partial charge in [-0.2, -0.15) is 0 Å². The fraction of sp³-hybridized carbons (Fsp3) is 0.500. The lowest BCUT2D eigenvalue weighted by Gasteiger charge is -2.16. The lowest BCUT2D eigenvalue weighted by molar-refractivity contribution is 0.126. The first-order valence-electron chi connectivity index (χ1n) is 6.04. The molecule has 1 fully saturated rings. The summed E-state index contributed by atoms with van der Waals surface area (Å²) in [6, 6.07) is 5.01. The molecule has 1 aliphatic heterocycles. The van der Waals surface area contributed by atoms with E-state index in [1.807, 2.05) is 0 Å². The van der Waals surface area contributed by atoms with Crippen LogP contribution < -0.4 is 10.5 Å². The Morgan fingerprint density at radius 1 is 1.53 bits per heavy atom. The molecule has 2 rings (SSSR count). The van der Waals surface area contributed by atoms with Gasteiger partial charge in [-0.25, -0.2) is 13.1 Å². The molecular formula is C12H17ClN2O3S. The molecule has 2 atom stereocenters. The summed E-state index contributed by atoms with van der Waals surface area (Å²) in [4.78, 5) is 0. The summed E-state index contributed by atoms with van der Waals surface area (Å²) in [6.07, 6.45) is 0.241. The number of hydrogen-bond donors (Lipinski definition) is 2. The van der Waals surface area contributed by atoms with Crippen molar-refractivity contribution in [1.29, 1.82) is 0 Å². The van der Waals surface area contributed by atoms with Crippen molar-refractivity contribution in [2.24, 2.45) is 0 Å². The molecule has 5 nitrogen and oxygen atoms in total. The van der Waals surface area contributed by atoms with Crippen LogP contribution in [0.1, 0.15) is 18.9 Å². The number of anilines is 1. The first-order chi connectivity index (χ1) is 8.90. The van der Waals surface area contributed by atoms with Crippen molar-refractivity contribution >= 4 is 27.3 Å². The summed E-state index contributed by atoms with van der Waals surface area (Å²) in [5.74, 6) is 0. The van der Waals surface area contributed by atoms with Gasteiger partial charge in [-0.3, -0.25) is 0 Å². The molecule has 0 aliphatic carbocycles. The van der Waals surface area contributed by atoms with Crippen molar-refractivity contribution in [2.45, 2.75) is 31.2 Å². The highest BCUT2D eigenvalue weighted by Gasteiger charge is 2.35. The van der Waals surface area contributed by atoms with Gasteiger partial charge in [-0.1, -0.05) is 17.7 Å². The van der Waals surface area contributed by atoms with Crippen molar-refractivity contribution < 1.29 is 13.2 Å². The Morgan fingerprint density at radius 2 is 2.26 bits per heavy atom. The Kier molecular flexibility index (Phi) is 4.35. The standard InChI is InChI=1S/C12H17ClN2O3S/c1-8-12(4-5-18-8)19(16,17)15-7-9-2-3-10(14)6-11(9)13/h2-3,6,8,12,15H,4-5,7,14H2,1H3/t8-,12-/m1/s1. The van der Waals surface area contributed by atoms with Gasteiger partial charge in [0.25, 0.3) is 0 Å². The SMILES string of the molecule is C[C@H]1OCC[C@H]1S(=O)(=O)NCc1ccc(N)cc1Cl. The van der Waals surface area contributed by atoms with Crippen LogP contribution in [0.4, 0.5) is 5.69 Å². The molecule has 19 heavy (non-hydrogen) atoms. The summed E-state index contributed by atoms with van der Waals surface area (Å²) in [5.41, 5.74) is 6.84. The minimum atomic E-state index is -3.40. The van der Waals surface area contributed by atoms with Crippen LogP contribution in [0.5, 0.6) is 0 Å². The van der Waals surface area contributed by atoms with Crippen LogP contribution in [-0.2, 0) is 21.3 Å². The van der Waals surface area contributed by atoms with Gasteiger partial charge in [0, 0.05) is 23.9 Å². The summed E-state index contributed by atoms with van der Waals surface area (Å²) < 4.78 is 32.1. The molecule has 3 N–H and O–H groups in total. The van der Waals surface area contributed by atoms with Crippen LogP contribution in [0.2, 0.25) is 5.02 Å². The van der Waals surface area contributed by atoms with Gasteiger partial charge < -0.3 is 10.5 Å². The van der Waals surface area contributed by atoms with Gasteiger partial charge in [-0.15, -0.1) is 0 Å². The number of nitrogens with two attached hydrogens (primary N) is 1. The number of benzene rings is 1. The van der Waals surface area contributed by atoms with E-state index in [0.717, 1.165) is 0 Å². The third-order valence-corrected chi connectivity index (χ3v) is 5.56. The van der Waals surface area contributed by atoms with E-state index in [1.165, 1.54) is 0 Å². The number of ether oxygens (including phenoxy) is 1. The molecule has 0 aromatic heterocycles. The predicted octanol–water partition coefficient (Wildman–Crippen LogP) is 1.52. The fourth-order valence-electron chi connectivity index (χ4n) is 2.11. The molecule has 1 aromatic carbocycles. The highest BCUT2D eigenvalue weighted by molar-refractivity contribution is 7.90. The summed E-state index contributed by atoms with van der Waals surface area (Å²) in [6.45, 7) is 2.41. The third kappa shape index (κ3) is 3.39. The number of halogens is 1. The molecule has 7 heteroatoms. The normalized spacial score (nSPS) is 23.7. The topological polar surface area (TPSA) is 81.4 Å². The molecule has 0 amide bonds. The molecule has 106 valence electrons. The minimum absolute atomic E-state index is 0.157. The van der Waals surface area contributed by atoms with E-state index in [2.05, 4.69) is 4.72 Å². The van der Waals surface area contributed by atoms with E-state index in [0.29, 0.717) is 29.3 Å². The van der Waals surface area contributed by atoms with Gasteiger partial charge >= 0.3 is 0 Å². The maximum atomic E-state index is 12.1. The summed E-state index contributed by atoms with van der Waals surface area (Å²) >= 11 is 6.01. The molecule has 1 aromatic rings. The molecule has 0 unspecified atom stereocenters. The molecule has 1 heterocycles. The van der Waals surface area contributed by atoms with Crippen LogP contribution in [0, 0.1) is 0 Å². The Balaban J connectivity index is 2.05. The fourth-order valence-corrected chi connectivity index (χ4v) is 3.93. The molecule has 0 radical (unpaired) electrons. The number of sulfonamides is 1. The molecule has 1 saturated heterocycles. The van der Waals surface area contributed by atoms with Crippen LogP contribution in [0.25, 0.3) is 0 Å². The van der Waals surface area contributed by atoms with Crippen LogP contribution >= 0.6 is 11.6 Å². The quantitative estimate of drug-likeness (QED) is 0.826. The smallest absolute Gasteiger partial charge is 0.217 e. The number of rotatable bonds is 4. The zero-order chi connectivity index (χ0) is 14.0. The first kappa shape index (κ1) is 14.6. The van der Waals surface area contributed by atoms with Crippen molar-refractivity contribution in [3.8, 4) is 0 Å². The highest BCUT2D eigenvalue weighted by atomic mass is 35.5. The molecular weight excluding hydrogens is 288 g/mol. The van der Waals surface area contributed by atoms with Crippen LogP contribution in [-0.4, -0.2) is 26.4 Å². The number of hydrogen-bond acceptors (Lipinski definition) is 4. The highest BCUT2D eigenvalue weighted by Crippen LogP contribution is 2.22. The second-order valence-electron chi connectivity index (χ2n) is 4.62. The van der Waals surface area contributed by atoms with Gasteiger partial charge in [0.15, 0.2) is 0 Å². The first-order valence-corrected chi connectivity index (χ1v) is 7.96. The van der Waals surface area contributed by atoms with E-state index in [1.54, 1.807) is 25.1 Å². The predicted molar refractivity (Wildman–Crippen MR) is 75.4 cm³/mol. The van der Waals surface area contributed by atoms with Crippen LogP contribution in [0.3, 0.4) is 0 Å². The third-order valence-electron chi connectivity index (χ3n) is 3.25. The van der Waals surface area contributed by atoms with Gasteiger partial charge in [0.05, 0.1) is 6.10 Å². The second-order valence-corrected chi connectivity index (χ2v) is 7.01. The van der Waals surface area contributed by atoms with E-state index in [4.69, 9.17) is 22.1 Å². The lowest BCUT2D eigenvalue weighted by atomic mass is 10.2. The summed E-state index contributed by atoms with van der Waals surface area (Å²) in [5, 5.41) is -0.0431. The Bertz CT molecular complexity index is 562. The van der Waals surface area contributed by atoms with E-state index < -0.39 is 15.3 Å². The molecule has 0 saturated carbocycles. The minimum Gasteiger partial charge on any atom is -0.399 e. The van der Waals surface area contributed by atoms with Gasteiger partial charge in [0.1, 0.15) is 5.25 Å². The molecule has 1 aliphatic rings. The molecule has 0 bridgehead atoms. The average molecular weight is 305 g/mol. The lowest BCUT2D eigenvalue weighted by Crippen LogP contribution is -2.37.